The molecule has 2 N–H and O–H groups in total. The lowest BCUT2D eigenvalue weighted by Gasteiger charge is -2.22. The Morgan fingerprint density at radius 1 is 1.11 bits per heavy atom. The van der Waals surface area contributed by atoms with E-state index in [9.17, 15) is 40.7 Å². The van der Waals surface area contributed by atoms with Crippen LogP contribution in [0.25, 0.3) is 16.7 Å². The maximum absolute atomic E-state index is 14.8. The van der Waals surface area contributed by atoms with Crippen LogP contribution in [-0.4, -0.2) is 46.8 Å². The molecule has 8 nitrogen and oxygen atoms in total. The number of hydrogen-bond acceptors (Lipinski definition) is 4. The van der Waals surface area contributed by atoms with Crippen molar-refractivity contribution in [1.29, 1.82) is 0 Å². The Hall–Kier alpha value is -4.10. The van der Waals surface area contributed by atoms with Gasteiger partial charge in [0.2, 0.25) is 5.43 Å². The minimum atomic E-state index is -4.78. The number of anilines is 1. The third-order valence-electron chi connectivity index (χ3n) is 6.17. The first-order chi connectivity index (χ1) is 17.5. The number of alkyl halides is 3. The quantitative estimate of drug-likeness (QED) is 0.500. The Bertz CT molecular complexity index is 1480. The second-order valence-corrected chi connectivity index (χ2v) is 8.71. The van der Waals surface area contributed by atoms with Gasteiger partial charge in [-0.05, 0) is 30.9 Å². The number of fused-ring (bicyclic) bond motifs is 1. The number of hydrogen-bond donors (Lipinski definition) is 2. The van der Waals surface area contributed by atoms with Gasteiger partial charge in [-0.3, -0.25) is 19.1 Å². The Morgan fingerprint density at radius 2 is 1.78 bits per heavy atom. The van der Waals surface area contributed by atoms with Crippen molar-refractivity contribution >= 4 is 28.8 Å². The van der Waals surface area contributed by atoms with Crippen LogP contribution < -0.4 is 21.0 Å². The van der Waals surface area contributed by atoms with E-state index < -0.39 is 69.9 Å². The molecule has 0 bridgehead atoms. The van der Waals surface area contributed by atoms with Gasteiger partial charge in [-0.2, -0.15) is 13.2 Å². The van der Waals surface area contributed by atoms with Crippen LogP contribution in [0.4, 0.5) is 37.0 Å². The van der Waals surface area contributed by atoms with Crippen molar-refractivity contribution in [2.75, 3.05) is 18.0 Å². The zero-order valence-electron chi connectivity index (χ0n) is 18.7. The lowest BCUT2D eigenvalue weighted by Crippen LogP contribution is -2.48. The molecule has 2 aromatic heterocycles. The first-order valence-electron chi connectivity index (χ1n) is 11.1. The molecule has 1 aliphatic heterocycles. The second-order valence-electron chi connectivity index (χ2n) is 8.71. The van der Waals surface area contributed by atoms with E-state index in [1.807, 2.05) is 5.32 Å². The fraction of sp³-hybridized carbons (Fsp3) is 0.304. The Labute approximate surface area is 203 Å². The van der Waals surface area contributed by atoms with Crippen molar-refractivity contribution in [3.8, 4) is 5.69 Å². The van der Waals surface area contributed by atoms with E-state index in [1.54, 1.807) is 0 Å². The molecule has 5 rings (SSSR count). The highest BCUT2D eigenvalue weighted by atomic mass is 19.4. The van der Waals surface area contributed by atoms with Crippen LogP contribution in [0.15, 0.2) is 35.3 Å². The first-order valence-corrected chi connectivity index (χ1v) is 11.1. The summed E-state index contributed by atoms with van der Waals surface area (Å²) in [6.07, 6.45) is -3.67. The molecule has 3 heterocycles. The number of benzene rings is 1. The maximum atomic E-state index is 14.8. The zero-order chi connectivity index (χ0) is 26.6. The van der Waals surface area contributed by atoms with Gasteiger partial charge in [0.15, 0.2) is 17.3 Å². The molecular formula is C23H17F6N5O3. The van der Waals surface area contributed by atoms with Crippen LogP contribution in [-0.2, 0) is 0 Å². The minimum absolute atomic E-state index is 0.00153. The number of pyridine rings is 2. The maximum Gasteiger partial charge on any atom is 0.408 e. The van der Waals surface area contributed by atoms with Gasteiger partial charge in [-0.1, -0.05) is 0 Å². The van der Waals surface area contributed by atoms with Gasteiger partial charge in [0.1, 0.15) is 28.9 Å². The fourth-order valence-electron chi connectivity index (χ4n) is 4.25. The molecule has 2 aliphatic rings. The predicted octanol–water partition coefficient (Wildman–Crippen LogP) is 3.40. The van der Waals surface area contributed by atoms with Crippen molar-refractivity contribution in [1.82, 2.24) is 20.2 Å². The molecule has 194 valence electrons. The van der Waals surface area contributed by atoms with Crippen molar-refractivity contribution in [3.05, 3.63) is 63.7 Å². The number of halogens is 6. The SMILES string of the molecule is O=C(N[C@@H](C1CC1)C(F)(F)F)c1cn(-c2c(F)cc(F)cc2F)c2nc(N3CCNC3=O)ccc2c1=O. The Balaban J connectivity index is 1.71. The lowest BCUT2D eigenvalue weighted by molar-refractivity contribution is -0.158. The van der Waals surface area contributed by atoms with Gasteiger partial charge in [-0.15, -0.1) is 0 Å². The highest BCUT2D eigenvalue weighted by molar-refractivity contribution is 5.98. The number of carbonyl (C=O) groups excluding carboxylic acids is 2. The average Bonchev–Trinajstić information content (AvgIpc) is 3.56. The van der Waals surface area contributed by atoms with Crippen LogP contribution >= 0.6 is 0 Å². The highest BCUT2D eigenvalue weighted by Crippen LogP contribution is 2.40. The van der Waals surface area contributed by atoms with Gasteiger partial charge >= 0.3 is 12.2 Å². The average molecular weight is 525 g/mol. The van der Waals surface area contributed by atoms with Crippen molar-refractivity contribution in [2.24, 2.45) is 5.92 Å². The van der Waals surface area contributed by atoms with Gasteiger partial charge in [-0.25, -0.2) is 22.9 Å². The topological polar surface area (TPSA) is 96.3 Å². The molecule has 0 unspecified atom stereocenters. The number of urea groups is 1. The monoisotopic (exact) mass is 525 g/mol. The van der Waals surface area contributed by atoms with E-state index in [2.05, 4.69) is 10.3 Å². The van der Waals surface area contributed by atoms with Crippen molar-refractivity contribution in [3.63, 3.8) is 0 Å². The van der Waals surface area contributed by atoms with E-state index in [4.69, 9.17) is 0 Å². The minimum Gasteiger partial charge on any atom is -0.340 e. The summed E-state index contributed by atoms with van der Waals surface area (Å²) in [4.78, 5) is 43.5. The van der Waals surface area contributed by atoms with E-state index >= 15 is 0 Å². The number of aromatic nitrogens is 2. The molecule has 3 aromatic rings. The van der Waals surface area contributed by atoms with Crippen LogP contribution in [0.2, 0.25) is 0 Å². The predicted molar refractivity (Wildman–Crippen MR) is 118 cm³/mol. The van der Waals surface area contributed by atoms with Gasteiger partial charge < -0.3 is 10.6 Å². The van der Waals surface area contributed by atoms with Crippen molar-refractivity contribution < 1.29 is 35.9 Å². The first kappa shape index (κ1) is 24.6. The van der Waals surface area contributed by atoms with Gasteiger partial charge in [0, 0.05) is 31.4 Å². The normalized spacial score (nSPS) is 16.7. The number of amides is 3. The molecule has 3 amide bonds. The lowest BCUT2D eigenvalue weighted by atomic mass is 10.1. The third kappa shape index (κ3) is 4.47. The van der Waals surface area contributed by atoms with Crippen LogP contribution in [0.3, 0.4) is 0 Å². The zero-order valence-corrected chi connectivity index (χ0v) is 18.7. The Kier molecular flexibility index (Phi) is 5.83. The standard InChI is InChI=1S/C23H17F6N5O3/c24-11-7-14(25)17(15(26)8-11)34-9-13(21(36)32-19(10-1-2-10)23(27,28)29)18(35)12-3-4-16(31-20(12)34)33-6-5-30-22(33)37/h3-4,7-10,19H,1-2,5-6H2,(H,30,37)(H,32,36)/t19-/m0/s1. The molecule has 2 fully saturated rings. The molecule has 1 aromatic carbocycles. The summed E-state index contributed by atoms with van der Waals surface area (Å²) < 4.78 is 84.2. The summed E-state index contributed by atoms with van der Waals surface area (Å²) in [5, 5.41) is 3.99. The van der Waals surface area contributed by atoms with E-state index in [-0.39, 0.29) is 37.1 Å². The van der Waals surface area contributed by atoms with Gasteiger partial charge in [0.25, 0.3) is 5.91 Å². The van der Waals surface area contributed by atoms with Crippen LogP contribution in [0.1, 0.15) is 23.2 Å². The van der Waals surface area contributed by atoms with Crippen molar-refractivity contribution in [2.45, 2.75) is 25.1 Å². The highest BCUT2D eigenvalue weighted by Gasteiger charge is 2.50. The molecule has 1 saturated carbocycles. The van der Waals surface area contributed by atoms with Gasteiger partial charge in [0.05, 0.1) is 5.39 Å². The number of nitrogens with one attached hydrogen (secondary N) is 2. The summed E-state index contributed by atoms with van der Waals surface area (Å²) in [7, 11) is 0. The molecular weight excluding hydrogens is 508 g/mol. The van der Waals surface area contributed by atoms with E-state index in [0.717, 1.165) is 6.07 Å². The molecule has 37 heavy (non-hydrogen) atoms. The second kappa shape index (κ2) is 8.78. The molecule has 1 aliphatic carbocycles. The Morgan fingerprint density at radius 3 is 2.35 bits per heavy atom. The van der Waals surface area contributed by atoms with Crippen LogP contribution in [0, 0.1) is 23.4 Å². The summed E-state index contributed by atoms with van der Waals surface area (Å²) in [6, 6.07) is 0.367. The molecule has 0 radical (unpaired) electrons. The third-order valence-corrected chi connectivity index (χ3v) is 6.17. The number of carbonyl (C=O) groups is 2. The van der Waals surface area contributed by atoms with E-state index in [1.165, 1.54) is 11.0 Å². The van der Waals surface area contributed by atoms with Crippen LogP contribution in [0.5, 0.6) is 0 Å². The molecule has 14 heteroatoms. The summed E-state index contributed by atoms with van der Waals surface area (Å²) >= 11 is 0. The number of nitrogens with zero attached hydrogens (tertiary/aromatic N) is 3. The summed E-state index contributed by atoms with van der Waals surface area (Å²) in [5.41, 5.74) is -3.21. The molecule has 1 saturated heterocycles. The molecule has 0 spiro atoms. The number of rotatable bonds is 5. The van der Waals surface area contributed by atoms with E-state index in [0.29, 0.717) is 22.9 Å². The molecule has 1 atom stereocenters. The largest absolute Gasteiger partial charge is 0.408 e. The summed E-state index contributed by atoms with van der Waals surface area (Å²) in [6.45, 7) is 0.481. The smallest absolute Gasteiger partial charge is 0.340 e. The fourth-order valence-corrected chi connectivity index (χ4v) is 4.25. The summed E-state index contributed by atoms with van der Waals surface area (Å²) in [5.74, 6) is -6.35.